The maximum absolute atomic E-state index is 12.3. The molecule has 0 spiro atoms. The van der Waals surface area contributed by atoms with E-state index >= 15 is 0 Å². The molecule has 126 valence electrons. The summed E-state index contributed by atoms with van der Waals surface area (Å²) in [5.74, 6) is -0.380. The largest absolute Gasteiger partial charge is 0.355 e. The first-order valence-corrected chi connectivity index (χ1v) is 8.03. The summed E-state index contributed by atoms with van der Waals surface area (Å²) in [6.07, 6.45) is 0.286. The molecule has 0 aliphatic heterocycles. The minimum Gasteiger partial charge on any atom is -0.355 e. The first kappa shape index (κ1) is 18.9. The van der Waals surface area contributed by atoms with E-state index in [2.05, 4.69) is 5.32 Å². The lowest BCUT2D eigenvalue weighted by Gasteiger charge is -2.20. The molecule has 0 saturated carbocycles. The quantitative estimate of drug-likeness (QED) is 0.748. The van der Waals surface area contributed by atoms with Crippen molar-refractivity contribution in [1.82, 2.24) is 10.2 Å². The Morgan fingerprint density at radius 1 is 1.09 bits per heavy atom. The van der Waals surface area contributed by atoms with Gasteiger partial charge in [-0.2, -0.15) is 0 Å². The van der Waals surface area contributed by atoms with E-state index in [4.69, 9.17) is 0 Å². The van der Waals surface area contributed by atoms with Gasteiger partial charge in [-0.25, -0.2) is 0 Å². The van der Waals surface area contributed by atoms with E-state index in [1.807, 2.05) is 45.9 Å². The van der Waals surface area contributed by atoms with Crippen LogP contribution in [0.25, 0.3) is 0 Å². The van der Waals surface area contributed by atoms with Gasteiger partial charge in [-0.05, 0) is 39.3 Å². The number of carbonyl (C=O) groups excluding carboxylic acids is 3. The van der Waals surface area contributed by atoms with Crippen molar-refractivity contribution in [3.8, 4) is 0 Å². The van der Waals surface area contributed by atoms with Crippen LogP contribution in [-0.2, 0) is 9.59 Å². The molecule has 5 heteroatoms. The third-order valence-electron chi connectivity index (χ3n) is 3.70. The van der Waals surface area contributed by atoms with Crippen LogP contribution in [0.15, 0.2) is 18.2 Å². The van der Waals surface area contributed by atoms with E-state index in [1.54, 1.807) is 0 Å². The number of carbonyl (C=O) groups is 3. The Kier molecular flexibility index (Phi) is 7.45. The number of amides is 2. The van der Waals surface area contributed by atoms with Crippen molar-refractivity contribution in [2.75, 3.05) is 19.6 Å². The predicted octanol–water partition coefficient (Wildman–Crippen LogP) is 2.25. The van der Waals surface area contributed by atoms with Gasteiger partial charge in [0.15, 0.2) is 5.78 Å². The number of benzene rings is 1. The highest BCUT2D eigenvalue weighted by molar-refractivity contribution is 5.99. The van der Waals surface area contributed by atoms with Gasteiger partial charge in [0.25, 0.3) is 0 Å². The van der Waals surface area contributed by atoms with Gasteiger partial charge in [0.1, 0.15) is 0 Å². The fourth-order valence-electron chi connectivity index (χ4n) is 2.35. The summed E-state index contributed by atoms with van der Waals surface area (Å²) in [5, 5.41) is 2.67. The van der Waals surface area contributed by atoms with Crippen LogP contribution in [0.3, 0.4) is 0 Å². The SMILES string of the molecule is CCNC(=O)CN(CC)C(=O)CCC(=O)c1cc(C)ccc1C. The zero-order chi connectivity index (χ0) is 17.4. The average Bonchev–Trinajstić information content (AvgIpc) is 2.52. The summed E-state index contributed by atoms with van der Waals surface area (Å²) in [6, 6.07) is 5.73. The van der Waals surface area contributed by atoms with Crippen molar-refractivity contribution >= 4 is 17.6 Å². The van der Waals surface area contributed by atoms with Gasteiger partial charge in [0.2, 0.25) is 11.8 Å². The smallest absolute Gasteiger partial charge is 0.239 e. The first-order chi connectivity index (χ1) is 10.9. The minimum atomic E-state index is -0.177. The number of nitrogens with zero attached hydrogens (tertiary/aromatic N) is 1. The lowest BCUT2D eigenvalue weighted by molar-refractivity contribution is -0.135. The van der Waals surface area contributed by atoms with E-state index in [0.717, 1.165) is 11.1 Å². The van der Waals surface area contributed by atoms with Gasteiger partial charge in [0, 0.05) is 31.5 Å². The highest BCUT2D eigenvalue weighted by atomic mass is 16.2. The normalized spacial score (nSPS) is 10.3. The summed E-state index contributed by atoms with van der Waals surface area (Å²) in [6.45, 7) is 8.52. The molecule has 5 nitrogen and oxygen atoms in total. The maximum atomic E-state index is 12.3. The summed E-state index contributed by atoms with van der Waals surface area (Å²) in [5.41, 5.74) is 2.61. The van der Waals surface area contributed by atoms with Gasteiger partial charge >= 0.3 is 0 Å². The third-order valence-corrected chi connectivity index (χ3v) is 3.70. The molecule has 1 N–H and O–H groups in total. The van der Waals surface area contributed by atoms with Gasteiger partial charge in [-0.3, -0.25) is 14.4 Å². The lowest BCUT2D eigenvalue weighted by atomic mass is 9.99. The molecule has 2 amide bonds. The molecule has 0 aliphatic rings. The third kappa shape index (κ3) is 5.85. The maximum Gasteiger partial charge on any atom is 0.239 e. The molecule has 1 aromatic rings. The number of Topliss-reactive ketones (excluding diaryl/α,β-unsaturated/α-hetero) is 1. The molecule has 0 heterocycles. The standard InChI is InChI=1S/C18H26N2O3/c1-5-19-17(22)12-20(6-2)18(23)10-9-16(21)15-11-13(3)7-8-14(15)4/h7-8,11H,5-6,9-10,12H2,1-4H3,(H,19,22). The van der Waals surface area contributed by atoms with Crippen LogP contribution in [-0.4, -0.2) is 42.1 Å². The molecule has 1 rings (SSSR count). The number of ketones is 1. The molecule has 0 unspecified atom stereocenters. The highest BCUT2D eigenvalue weighted by Gasteiger charge is 2.17. The molecule has 1 aromatic carbocycles. The van der Waals surface area contributed by atoms with Crippen LogP contribution in [0.1, 0.15) is 48.2 Å². The highest BCUT2D eigenvalue weighted by Crippen LogP contribution is 2.14. The molecule has 0 fully saturated rings. The summed E-state index contributed by atoms with van der Waals surface area (Å²) in [7, 11) is 0. The van der Waals surface area contributed by atoms with E-state index in [9.17, 15) is 14.4 Å². The van der Waals surface area contributed by atoms with Gasteiger partial charge < -0.3 is 10.2 Å². The molecule has 0 aliphatic carbocycles. The van der Waals surface area contributed by atoms with E-state index in [-0.39, 0.29) is 37.0 Å². The fourth-order valence-corrected chi connectivity index (χ4v) is 2.35. The van der Waals surface area contributed by atoms with Crippen LogP contribution in [0.4, 0.5) is 0 Å². The Morgan fingerprint density at radius 3 is 2.39 bits per heavy atom. The monoisotopic (exact) mass is 318 g/mol. The minimum absolute atomic E-state index is 0.0337. The molecular weight excluding hydrogens is 292 g/mol. The Hall–Kier alpha value is -2.17. The Bertz CT molecular complexity index is 582. The zero-order valence-corrected chi connectivity index (χ0v) is 14.4. The second-order valence-corrected chi connectivity index (χ2v) is 5.60. The van der Waals surface area contributed by atoms with Crippen molar-refractivity contribution in [2.24, 2.45) is 0 Å². The van der Waals surface area contributed by atoms with Crippen LogP contribution in [0, 0.1) is 13.8 Å². The van der Waals surface area contributed by atoms with Crippen LogP contribution in [0.2, 0.25) is 0 Å². The van der Waals surface area contributed by atoms with Crippen molar-refractivity contribution in [1.29, 1.82) is 0 Å². The van der Waals surface area contributed by atoms with E-state index in [0.29, 0.717) is 18.7 Å². The first-order valence-electron chi connectivity index (χ1n) is 8.03. The summed E-state index contributed by atoms with van der Waals surface area (Å²) >= 11 is 0. The number of aryl methyl sites for hydroxylation is 2. The predicted molar refractivity (Wildman–Crippen MR) is 90.4 cm³/mol. The molecule has 0 aromatic heterocycles. The second kappa shape index (κ2) is 9.08. The number of hydrogen-bond acceptors (Lipinski definition) is 3. The molecule has 0 bridgehead atoms. The number of nitrogens with one attached hydrogen (secondary N) is 1. The molecule has 23 heavy (non-hydrogen) atoms. The molecular formula is C18H26N2O3. The summed E-state index contributed by atoms with van der Waals surface area (Å²) < 4.78 is 0. The Balaban J connectivity index is 2.61. The van der Waals surface area contributed by atoms with Gasteiger partial charge in [-0.15, -0.1) is 0 Å². The Labute approximate surface area is 138 Å². The van der Waals surface area contributed by atoms with E-state index in [1.165, 1.54) is 4.90 Å². The van der Waals surface area contributed by atoms with Crippen LogP contribution < -0.4 is 5.32 Å². The molecule has 0 radical (unpaired) electrons. The van der Waals surface area contributed by atoms with Crippen molar-refractivity contribution in [2.45, 2.75) is 40.5 Å². The van der Waals surface area contributed by atoms with Crippen molar-refractivity contribution in [3.63, 3.8) is 0 Å². The van der Waals surface area contributed by atoms with Gasteiger partial charge in [-0.1, -0.05) is 17.7 Å². The van der Waals surface area contributed by atoms with Crippen molar-refractivity contribution < 1.29 is 14.4 Å². The van der Waals surface area contributed by atoms with Crippen molar-refractivity contribution in [3.05, 3.63) is 34.9 Å². The zero-order valence-electron chi connectivity index (χ0n) is 14.4. The average molecular weight is 318 g/mol. The topological polar surface area (TPSA) is 66.5 Å². The Morgan fingerprint density at radius 2 is 1.78 bits per heavy atom. The lowest BCUT2D eigenvalue weighted by Crippen LogP contribution is -2.40. The van der Waals surface area contributed by atoms with Gasteiger partial charge in [0.05, 0.1) is 6.54 Å². The molecule has 0 saturated heterocycles. The second-order valence-electron chi connectivity index (χ2n) is 5.60. The van der Waals surface area contributed by atoms with E-state index < -0.39 is 0 Å². The summed E-state index contributed by atoms with van der Waals surface area (Å²) in [4.78, 5) is 37.6. The fraction of sp³-hybridized carbons (Fsp3) is 0.500. The number of rotatable bonds is 8. The van der Waals surface area contributed by atoms with Crippen LogP contribution in [0.5, 0.6) is 0 Å². The molecule has 0 atom stereocenters. The number of likely N-dealkylation sites (N-methyl/N-ethyl adjacent to an activating group) is 2. The number of hydrogen-bond donors (Lipinski definition) is 1. The van der Waals surface area contributed by atoms with Crippen LogP contribution >= 0.6 is 0 Å².